The lowest BCUT2D eigenvalue weighted by molar-refractivity contribution is -0.384. The van der Waals surface area contributed by atoms with E-state index in [1.165, 1.54) is 24.3 Å². The van der Waals surface area contributed by atoms with Crippen LogP contribution in [0.5, 0.6) is 0 Å². The minimum Gasteiger partial charge on any atom is -0.258 e. The average Bonchev–Trinajstić information content (AvgIpc) is 2.78. The first-order valence-corrected chi connectivity index (χ1v) is 5.73. The average molecular weight is 317 g/mol. The number of H-pyrrole nitrogens is 1. The van der Waals surface area contributed by atoms with Crippen molar-refractivity contribution in [1.82, 2.24) is 14.9 Å². The summed E-state index contributed by atoms with van der Waals surface area (Å²) < 4.78 is 38.0. The molecule has 21 heavy (non-hydrogen) atoms. The van der Waals surface area contributed by atoms with Gasteiger partial charge in [0, 0.05) is 12.1 Å². The van der Waals surface area contributed by atoms with E-state index >= 15 is 0 Å². The largest absolute Gasteiger partial charge is 0.453 e. The molecule has 1 heterocycles. The lowest BCUT2D eigenvalue weighted by atomic mass is 10.2. The number of benzene rings is 1. The molecule has 2 aromatic rings. The zero-order valence-electron chi connectivity index (χ0n) is 10.0. The van der Waals surface area contributed by atoms with E-state index in [0.29, 0.717) is 10.2 Å². The topological polar surface area (TPSA) is 89.1 Å². The summed E-state index contributed by atoms with van der Waals surface area (Å²) in [6.07, 6.45) is -3.62. The van der Waals surface area contributed by atoms with Crippen molar-refractivity contribution in [3.8, 4) is 0 Å². The van der Waals surface area contributed by atoms with Crippen LogP contribution < -0.4 is 0 Å². The molecule has 1 aromatic carbocycles. The van der Waals surface area contributed by atoms with E-state index in [0.717, 1.165) is 6.21 Å². The van der Waals surface area contributed by atoms with E-state index in [1.807, 2.05) is 5.10 Å². The van der Waals surface area contributed by atoms with Crippen LogP contribution in [0.2, 0.25) is 0 Å². The quantitative estimate of drug-likeness (QED) is 0.408. The van der Waals surface area contributed by atoms with Gasteiger partial charge < -0.3 is 0 Å². The van der Waals surface area contributed by atoms with Gasteiger partial charge >= 0.3 is 6.18 Å². The van der Waals surface area contributed by atoms with Crippen LogP contribution in [-0.4, -0.2) is 26.0 Å². The van der Waals surface area contributed by atoms with Crippen LogP contribution in [0.15, 0.2) is 29.4 Å². The molecule has 2 rings (SSSR count). The molecule has 11 heteroatoms. The van der Waals surface area contributed by atoms with E-state index in [1.54, 1.807) is 0 Å². The van der Waals surface area contributed by atoms with Crippen molar-refractivity contribution in [1.29, 1.82) is 0 Å². The Morgan fingerprint density at radius 3 is 2.52 bits per heavy atom. The highest BCUT2D eigenvalue weighted by molar-refractivity contribution is 7.71. The van der Waals surface area contributed by atoms with Gasteiger partial charge in [-0.2, -0.15) is 22.9 Å². The standard InChI is InChI=1S/C10H6F3N5O2S/c11-10(12,13)8-15-16-9(21)17(8)14-5-6-1-3-7(4-2-6)18(19)20/h1-5H,(H,16,21). The molecule has 0 saturated heterocycles. The number of nitro benzene ring substituents is 1. The van der Waals surface area contributed by atoms with Crippen molar-refractivity contribution in [2.45, 2.75) is 6.18 Å². The van der Waals surface area contributed by atoms with E-state index in [-0.39, 0.29) is 10.5 Å². The van der Waals surface area contributed by atoms with Crippen molar-refractivity contribution >= 4 is 24.1 Å². The number of hydrogen-bond acceptors (Lipinski definition) is 5. The molecule has 0 radical (unpaired) electrons. The second-order valence-electron chi connectivity index (χ2n) is 3.76. The molecule has 0 spiro atoms. The number of aromatic amines is 1. The van der Waals surface area contributed by atoms with Crippen molar-refractivity contribution in [3.63, 3.8) is 0 Å². The summed E-state index contributed by atoms with van der Waals surface area (Å²) in [5, 5.41) is 19.1. The van der Waals surface area contributed by atoms with Crippen LogP contribution >= 0.6 is 12.2 Å². The molecule has 1 N–H and O–H groups in total. The molecular formula is C10H6F3N5O2S. The molecule has 0 unspecified atom stereocenters. The number of hydrogen-bond donors (Lipinski definition) is 1. The number of halogens is 3. The molecule has 0 atom stereocenters. The number of non-ortho nitro benzene ring substituents is 1. The zero-order chi connectivity index (χ0) is 15.6. The van der Waals surface area contributed by atoms with Crippen molar-refractivity contribution < 1.29 is 18.1 Å². The van der Waals surface area contributed by atoms with Gasteiger partial charge in [-0.15, -0.1) is 5.10 Å². The van der Waals surface area contributed by atoms with Crippen LogP contribution in [0.1, 0.15) is 11.4 Å². The smallest absolute Gasteiger partial charge is 0.258 e. The maximum absolute atomic E-state index is 12.6. The number of nitrogens with one attached hydrogen (secondary N) is 1. The molecular weight excluding hydrogens is 311 g/mol. The maximum Gasteiger partial charge on any atom is 0.453 e. The Morgan fingerprint density at radius 2 is 2.00 bits per heavy atom. The number of aromatic nitrogens is 3. The summed E-state index contributed by atoms with van der Waals surface area (Å²) in [5.74, 6) is -1.29. The molecule has 0 aliphatic rings. The third-order valence-corrected chi connectivity index (χ3v) is 2.59. The number of nitro groups is 1. The SMILES string of the molecule is O=[N+]([O-])c1ccc(C=Nn2c(C(F)(F)F)n[nH]c2=S)cc1. The Balaban J connectivity index is 2.32. The fourth-order valence-corrected chi connectivity index (χ4v) is 1.57. The van der Waals surface area contributed by atoms with Crippen molar-refractivity contribution in [3.05, 3.63) is 50.5 Å². The Hall–Kier alpha value is -2.56. The summed E-state index contributed by atoms with van der Waals surface area (Å²) in [6.45, 7) is 0. The second kappa shape index (κ2) is 5.44. The van der Waals surface area contributed by atoms with Crippen LogP contribution in [0, 0.1) is 14.9 Å². The summed E-state index contributed by atoms with van der Waals surface area (Å²) in [6, 6.07) is 5.11. The molecule has 0 aliphatic carbocycles. The van der Waals surface area contributed by atoms with Gasteiger partial charge in [0.15, 0.2) is 0 Å². The predicted molar refractivity (Wildman–Crippen MR) is 68.5 cm³/mol. The molecule has 1 aromatic heterocycles. The maximum atomic E-state index is 12.6. The summed E-state index contributed by atoms with van der Waals surface area (Å²) in [7, 11) is 0. The fraction of sp³-hybridized carbons (Fsp3) is 0.100. The highest BCUT2D eigenvalue weighted by atomic mass is 32.1. The van der Waals surface area contributed by atoms with Gasteiger partial charge in [-0.25, -0.2) is 5.10 Å². The number of nitrogens with zero attached hydrogens (tertiary/aromatic N) is 4. The van der Waals surface area contributed by atoms with Crippen LogP contribution in [-0.2, 0) is 6.18 Å². The first-order valence-electron chi connectivity index (χ1n) is 5.32. The minimum absolute atomic E-state index is 0.136. The van der Waals surface area contributed by atoms with Crippen molar-refractivity contribution in [2.24, 2.45) is 5.10 Å². The lowest BCUT2D eigenvalue weighted by Gasteiger charge is -2.03. The van der Waals surface area contributed by atoms with Gasteiger partial charge in [-0.1, -0.05) is 0 Å². The Bertz CT molecular complexity index is 747. The van der Waals surface area contributed by atoms with Crippen LogP contribution in [0.25, 0.3) is 0 Å². The van der Waals surface area contributed by atoms with Crippen molar-refractivity contribution in [2.75, 3.05) is 0 Å². The number of rotatable bonds is 3. The molecule has 0 aliphatic heterocycles. The summed E-state index contributed by atoms with van der Waals surface area (Å²) >= 11 is 4.65. The lowest BCUT2D eigenvalue weighted by Crippen LogP contribution is -2.12. The van der Waals surface area contributed by atoms with Gasteiger partial charge in [0.2, 0.25) is 4.77 Å². The van der Waals surface area contributed by atoms with Gasteiger partial charge in [-0.3, -0.25) is 10.1 Å². The molecule has 0 amide bonds. The van der Waals surface area contributed by atoms with E-state index in [4.69, 9.17) is 0 Å². The Morgan fingerprint density at radius 1 is 1.38 bits per heavy atom. The van der Waals surface area contributed by atoms with E-state index in [9.17, 15) is 23.3 Å². The van der Waals surface area contributed by atoms with Gasteiger partial charge in [0.25, 0.3) is 11.5 Å². The molecule has 7 nitrogen and oxygen atoms in total. The molecule has 0 fully saturated rings. The van der Waals surface area contributed by atoms with Crippen LogP contribution in [0.3, 0.4) is 0 Å². The zero-order valence-corrected chi connectivity index (χ0v) is 10.9. The van der Waals surface area contributed by atoms with Gasteiger partial charge in [-0.05, 0) is 29.9 Å². The predicted octanol–water partition coefficient (Wildman–Crippen LogP) is 2.75. The van der Waals surface area contributed by atoms with E-state index < -0.39 is 16.9 Å². The third-order valence-electron chi connectivity index (χ3n) is 2.33. The molecule has 0 saturated carbocycles. The fourth-order valence-electron chi connectivity index (χ4n) is 1.39. The Kier molecular flexibility index (Phi) is 3.84. The highest BCUT2D eigenvalue weighted by Crippen LogP contribution is 2.27. The van der Waals surface area contributed by atoms with Crippen LogP contribution in [0.4, 0.5) is 18.9 Å². The first kappa shape index (κ1) is 14.8. The minimum atomic E-state index is -4.71. The number of alkyl halides is 3. The third kappa shape index (κ3) is 3.31. The summed E-state index contributed by atoms with van der Waals surface area (Å²) in [4.78, 5) is 9.88. The Labute approximate surface area is 119 Å². The van der Waals surface area contributed by atoms with Gasteiger partial charge in [0.1, 0.15) is 0 Å². The van der Waals surface area contributed by atoms with Gasteiger partial charge in [0.05, 0.1) is 11.1 Å². The first-order chi connectivity index (χ1) is 9.79. The second-order valence-corrected chi connectivity index (χ2v) is 4.14. The molecule has 0 bridgehead atoms. The normalized spacial score (nSPS) is 12.0. The highest BCUT2D eigenvalue weighted by Gasteiger charge is 2.37. The molecule has 110 valence electrons. The van der Waals surface area contributed by atoms with E-state index in [2.05, 4.69) is 22.4 Å². The summed E-state index contributed by atoms with van der Waals surface area (Å²) in [5.41, 5.74) is 0.236. The monoisotopic (exact) mass is 317 g/mol.